The van der Waals surface area contributed by atoms with Gasteiger partial charge < -0.3 is 15.4 Å². The Morgan fingerprint density at radius 1 is 1.19 bits per heavy atom. The third-order valence-electron chi connectivity index (χ3n) is 3.90. The van der Waals surface area contributed by atoms with Gasteiger partial charge >= 0.3 is 0 Å². The van der Waals surface area contributed by atoms with Crippen LogP contribution < -0.4 is 15.4 Å². The average molecular weight is 373 g/mol. The summed E-state index contributed by atoms with van der Waals surface area (Å²) in [6.45, 7) is 3.80. The van der Waals surface area contributed by atoms with Gasteiger partial charge in [0.25, 0.3) is 0 Å². The maximum atomic E-state index is 12.0. The van der Waals surface area contributed by atoms with Crippen LogP contribution in [-0.4, -0.2) is 25.5 Å². The third-order valence-corrected chi connectivity index (χ3v) is 4.20. The number of hydrogen-bond acceptors (Lipinski definition) is 3. The van der Waals surface area contributed by atoms with E-state index in [1.54, 1.807) is 24.3 Å². The van der Waals surface area contributed by atoms with Crippen LogP contribution in [0.15, 0.2) is 42.5 Å². The zero-order valence-corrected chi connectivity index (χ0v) is 15.7. The Balaban J connectivity index is 1.87. The maximum absolute atomic E-state index is 12.0. The van der Waals surface area contributed by atoms with Crippen molar-refractivity contribution in [1.82, 2.24) is 5.32 Å². The second kappa shape index (κ2) is 9.06. The van der Waals surface area contributed by atoms with Crippen molar-refractivity contribution >= 4 is 35.2 Å². The number of amides is 2. The Morgan fingerprint density at radius 3 is 2.65 bits per heavy atom. The molecule has 0 spiro atoms. The first-order valence-electron chi connectivity index (χ1n) is 8.06. The summed E-state index contributed by atoms with van der Waals surface area (Å²) in [5.74, 6) is -0.0858. The lowest BCUT2D eigenvalue weighted by atomic mass is 10.1. The summed E-state index contributed by atoms with van der Waals surface area (Å²) >= 11 is 6.04. The van der Waals surface area contributed by atoms with E-state index in [4.69, 9.17) is 16.3 Å². The molecule has 0 heterocycles. The highest BCUT2D eigenvalue weighted by Crippen LogP contribution is 2.25. The van der Waals surface area contributed by atoms with Crippen LogP contribution in [-0.2, 0) is 9.59 Å². The van der Waals surface area contributed by atoms with E-state index in [9.17, 15) is 9.59 Å². The Kier molecular flexibility index (Phi) is 6.81. The number of nitrogens with one attached hydrogen (secondary N) is 2. The molecule has 0 fully saturated rings. The van der Waals surface area contributed by atoms with Gasteiger partial charge in [0.2, 0.25) is 11.8 Å². The van der Waals surface area contributed by atoms with Crippen molar-refractivity contribution in [2.24, 2.45) is 0 Å². The highest BCUT2D eigenvalue weighted by atomic mass is 35.5. The Hall–Kier alpha value is -2.79. The molecule has 5 nitrogen and oxygen atoms in total. The lowest BCUT2D eigenvalue weighted by molar-refractivity contribution is -0.121. The SMILES string of the molecule is COc1ccc(/C=C/C(=O)NCC(=O)Nc2cccc(C)c2C)cc1Cl. The number of halogens is 1. The highest BCUT2D eigenvalue weighted by molar-refractivity contribution is 6.32. The number of anilines is 1. The van der Waals surface area contributed by atoms with Gasteiger partial charge in [-0.05, 0) is 54.8 Å². The van der Waals surface area contributed by atoms with Gasteiger partial charge in [-0.25, -0.2) is 0 Å². The molecule has 2 N–H and O–H groups in total. The molecule has 2 aromatic carbocycles. The number of hydrogen-bond donors (Lipinski definition) is 2. The summed E-state index contributed by atoms with van der Waals surface area (Å²) in [7, 11) is 1.54. The van der Waals surface area contributed by atoms with Crippen LogP contribution >= 0.6 is 11.6 Å². The largest absolute Gasteiger partial charge is 0.495 e. The first kappa shape index (κ1) is 19.5. The van der Waals surface area contributed by atoms with Crippen LogP contribution in [0, 0.1) is 13.8 Å². The van der Waals surface area contributed by atoms with E-state index in [2.05, 4.69) is 10.6 Å². The lowest BCUT2D eigenvalue weighted by Crippen LogP contribution is -2.31. The average Bonchev–Trinajstić information content (AvgIpc) is 2.62. The molecule has 0 aliphatic heterocycles. The van der Waals surface area contributed by atoms with Gasteiger partial charge in [-0.1, -0.05) is 29.8 Å². The van der Waals surface area contributed by atoms with E-state index in [1.165, 1.54) is 13.2 Å². The molecule has 6 heteroatoms. The fourth-order valence-corrected chi connectivity index (χ4v) is 2.53. The predicted octanol–water partition coefficient (Wildman–Crippen LogP) is 3.73. The predicted molar refractivity (Wildman–Crippen MR) is 105 cm³/mol. The van der Waals surface area contributed by atoms with Crippen molar-refractivity contribution in [2.45, 2.75) is 13.8 Å². The molecule has 0 unspecified atom stereocenters. The van der Waals surface area contributed by atoms with E-state index < -0.39 is 0 Å². The Labute approximate surface area is 158 Å². The van der Waals surface area contributed by atoms with Gasteiger partial charge in [-0.3, -0.25) is 9.59 Å². The molecular formula is C20H21ClN2O3. The first-order valence-corrected chi connectivity index (χ1v) is 8.44. The molecule has 136 valence electrons. The minimum Gasteiger partial charge on any atom is -0.495 e. The normalized spacial score (nSPS) is 10.6. The summed E-state index contributed by atoms with van der Waals surface area (Å²) in [5.41, 5.74) is 3.59. The molecule has 0 radical (unpaired) electrons. The number of carbonyl (C=O) groups is 2. The van der Waals surface area contributed by atoms with Gasteiger partial charge in [0.15, 0.2) is 0 Å². The molecule has 2 rings (SSSR count). The van der Waals surface area contributed by atoms with Crippen molar-refractivity contribution in [1.29, 1.82) is 0 Å². The topological polar surface area (TPSA) is 67.4 Å². The molecule has 0 saturated heterocycles. The minimum absolute atomic E-state index is 0.111. The molecule has 0 aliphatic carbocycles. The number of aryl methyl sites for hydroxylation is 1. The van der Waals surface area contributed by atoms with Crippen LogP contribution in [0.5, 0.6) is 5.75 Å². The quantitative estimate of drug-likeness (QED) is 0.759. The van der Waals surface area contributed by atoms with E-state index in [-0.39, 0.29) is 18.4 Å². The van der Waals surface area contributed by atoms with Crippen LogP contribution in [0.4, 0.5) is 5.69 Å². The zero-order chi connectivity index (χ0) is 19.1. The van der Waals surface area contributed by atoms with Crippen LogP contribution in [0.2, 0.25) is 5.02 Å². The molecule has 0 bridgehead atoms. The van der Waals surface area contributed by atoms with Crippen molar-refractivity contribution in [3.63, 3.8) is 0 Å². The zero-order valence-electron chi connectivity index (χ0n) is 14.9. The van der Waals surface area contributed by atoms with Gasteiger partial charge in [0.05, 0.1) is 18.7 Å². The van der Waals surface area contributed by atoms with E-state index in [1.807, 2.05) is 32.0 Å². The fraction of sp³-hybridized carbons (Fsp3) is 0.200. The Bertz CT molecular complexity index is 847. The maximum Gasteiger partial charge on any atom is 0.244 e. The Morgan fingerprint density at radius 2 is 1.96 bits per heavy atom. The summed E-state index contributed by atoms with van der Waals surface area (Å²) in [4.78, 5) is 23.9. The van der Waals surface area contributed by atoms with E-state index in [0.29, 0.717) is 10.8 Å². The number of rotatable bonds is 6. The minimum atomic E-state index is -0.368. The monoisotopic (exact) mass is 372 g/mol. The lowest BCUT2D eigenvalue weighted by Gasteiger charge is -2.10. The first-order chi connectivity index (χ1) is 12.4. The second-order valence-corrected chi connectivity index (χ2v) is 6.15. The van der Waals surface area contributed by atoms with Crippen LogP contribution in [0.1, 0.15) is 16.7 Å². The summed E-state index contributed by atoms with van der Waals surface area (Å²) < 4.78 is 5.08. The number of carbonyl (C=O) groups excluding carboxylic acids is 2. The van der Waals surface area contributed by atoms with Gasteiger partial charge in [0.1, 0.15) is 5.75 Å². The molecule has 0 atom stereocenters. The summed E-state index contributed by atoms with van der Waals surface area (Å²) in [6, 6.07) is 10.9. The number of ether oxygens (including phenoxy) is 1. The number of benzene rings is 2. The highest BCUT2D eigenvalue weighted by Gasteiger charge is 2.07. The van der Waals surface area contributed by atoms with E-state index >= 15 is 0 Å². The van der Waals surface area contributed by atoms with E-state index in [0.717, 1.165) is 22.4 Å². The van der Waals surface area contributed by atoms with Gasteiger partial charge in [-0.2, -0.15) is 0 Å². The molecule has 0 aromatic heterocycles. The van der Waals surface area contributed by atoms with Crippen molar-refractivity contribution in [3.8, 4) is 5.75 Å². The molecule has 0 saturated carbocycles. The van der Waals surface area contributed by atoms with Crippen LogP contribution in [0.3, 0.4) is 0 Å². The summed E-state index contributed by atoms with van der Waals surface area (Å²) in [6.07, 6.45) is 2.96. The van der Waals surface area contributed by atoms with Gasteiger partial charge in [-0.15, -0.1) is 0 Å². The smallest absolute Gasteiger partial charge is 0.244 e. The standard InChI is InChI=1S/C20H21ClN2O3/c1-13-5-4-6-17(14(13)2)23-20(25)12-22-19(24)10-8-15-7-9-18(26-3)16(21)11-15/h4-11H,12H2,1-3H3,(H,22,24)(H,23,25)/b10-8+. The molecular weight excluding hydrogens is 352 g/mol. The van der Waals surface area contributed by atoms with Crippen LogP contribution in [0.25, 0.3) is 6.08 Å². The fourth-order valence-electron chi connectivity index (χ4n) is 2.27. The molecule has 0 aliphatic rings. The number of methoxy groups -OCH3 is 1. The van der Waals surface area contributed by atoms with Gasteiger partial charge in [0, 0.05) is 11.8 Å². The van der Waals surface area contributed by atoms with Crippen molar-refractivity contribution in [3.05, 3.63) is 64.2 Å². The molecule has 2 aromatic rings. The molecule has 2 amide bonds. The molecule has 26 heavy (non-hydrogen) atoms. The van der Waals surface area contributed by atoms with Crippen molar-refractivity contribution < 1.29 is 14.3 Å². The summed E-state index contributed by atoms with van der Waals surface area (Å²) in [5, 5.41) is 5.80. The third kappa shape index (κ3) is 5.36. The second-order valence-electron chi connectivity index (χ2n) is 5.74. The van der Waals surface area contributed by atoms with Crippen molar-refractivity contribution in [2.75, 3.05) is 19.0 Å².